The molecule has 1 N–H and O–H groups in total. The molecule has 0 saturated carbocycles. The molecule has 0 bridgehead atoms. The third-order valence-electron chi connectivity index (χ3n) is 4.92. The minimum absolute atomic E-state index is 0.00456. The van der Waals surface area contributed by atoms with Crippen LogP contribution in [0.1, 0.15) is 30.3 Å². The van der Waals surface area contributed by atoms with Crippen molar-refractivity contribution in [2.75, 3.05) is 18.4 Å². The standard InChI is InChI=1S/C20H20N4O3S/c25-19(21-14-8-10-15(11-9-14)24(26)27)13-23-12-4-3-6-17(23)20-22-16-5-1-2-7-18(16)28-20/h1-2,5,7-11,17H,3-4,6,12-13H2,(H,21,25)/t17-/m0/s1. The van der Waals surface area contributed by atoms with Gasteiger partial charge in [-0.2, -0.15) is 0 Å². The predicted octanol–water partition coefficient (Wildman–Crippen LogP) is 4.37. The maximum atomic E-state index is 12.5. The molecule has 1 aliphatic rings. The van der Waals surface area contributed by atoms with E-state index in [9.17, 15) is 14.9 Å². The molecule has 3 aromatic rings. The van der Waals surface area contributed by atoms with Gasteiger partial charge in [-0.15, -0.1) is 11.3 Å². The number of anilines is 1. The van der Waals surface area contributed by atoms with E-state index in [0.717, 1.165) is 36.3 Å². The van der Waals surface area contributed by atoms with Crippen molar-refractivity contribution < 1.29 is 9.72 Å². The molecular weight excluding hydrogens is 376 g/mol. The molecule has 0 radical (unpaired) electrons. The number of piperidine rings is 1. The fourth-order valence-corrected chi connectivity index (χ4v) is 4.68. The number of nitrogens with zero attached hydrogens (tertiary/aromatic N) is 3. The van der Waals surface area contributed by atoms with Crippen molar-refractivity contribution in [3.05, 3.63) is 63.7 Å². The van der Waals surface area contributed by atoms with Gasteiger partial charge >= 0.3 is 0 Å². The molecule has 1 fully saturated rings. The summed E-state index contributed by atoms with van der Waals surface area (Å²) in [7, 11) is 0. The van der Waals surface area contributed by atoms with E-state index in [4.69, 9.17) is 4.98 Å². The molecule has 0 aliphatic carbocycles. The lowest BCUT2D eigenvalue weighted by Crippen LogP contribution is -2.39. The average Bonchev–Trinajstić information content (AvgIpc) is 3.12. The van der Waals surface area contributed by atoms with E-state index in [1.54, 1.807) is 23.5 Å². The Kier molecular flexibility index (Phi) is 5.31. The van der Waals surface area contributed by atoms with Gasteiger partial charge in [-0.3, -0.25) is 19.8 Å². The Bertz CT molecular complexity index is 969. The van der Waals surface area contributed by atoms with Gasteiger partial charge in [0.15, 0.2) is 0 Å². The molecule has 1 aromatic heterocycles. The number of para-hydroxylation sites is 1. The summed E-state index contributed by atoms with van der Waals surface area (Å²) < 4.78 is 1.17. The molecule has 2 heterocycles. The molecule has 8 heteroatoms. The smallest absolute Gasteiger partial charge is 0.269 e. The minimum atomic E-state index is -0.456. The Balaban J connectivity index is 1.45. The lowest BCUT2D eigenvalue weighted by atomic mass is 10.0. The fraction of sp³-hybridized carbons (Fsp3) is 0.300. The van der Waals surface area contributed by atoms with E-state index in [1.165, 1.54) is 16.8 Å². The Labute approximate surface area is 166 Å². The first-order chi connectivity index (χ1) is 13.6. The second-order valence-corrected chi connectivity index (χ2v) is 7.92. The van der Waals surface area contributed by atoms with Gasteiger partial charge in [-0.1, -0.05) is 18.6 Å². The van der Waals surface area contributed by atoms with Crippen LogP contribution in [-0.2, 0) is 4.79 Å². The minimum Gasteiger partial charge on any atom is -0.325 e. The van der Waals surface area contributed by atoms with Gasteiger partial charge in [0.25, 0.3) is 5.69 Å². The van der Waals surface area contributed by atoms with Gasteiger partial charge < -0.3 is 5.32 Å². The zero-order valence-corrected chi connectivity index (χ0v) is 16.0. The number of nitro groups is 1. The van der Waals surface area contributed by atoms with Crippen LogP contribution in [0.15, 0.2) is 48.5 Å². The number of hydrogen-bond donors (Lipinski definition) is 1. The molecule has 1 atom stereocenters. The number of aromatic nitrogens is 1. The van der Waals surface area contributed by atoms with E-state index >= 15 is 0 Å². The van der Waals surface area contributed by atoms with Crippen molar-refractivity contribution in [1.29, 1.82) is 0 Å². The number of hydrogen-bond acceptors (Lipinski definition) is 6. The van der Waals surface area contributed by atoms with Crippen LogP contribution < -0.4 is 5.32 Å². The Hall–Kier alpha value is -2.84. The monoisotopic (exact) mass is 396 g/mol. The van der Waals surface area contributed by atoms with Crippen molar-refractivity contribution in [1.82, 2.24) is 9.88 Å². The second-order valence-electron chi connectivity index (χ2n) is 6.85. The first-order valence-electron chi connectivity index (χ1n) is 9.24. The largest absolute Gasteiger partial charge is 0.325 e. The summed E-state index contributed by atoms with van der Waals surface area (Å²) in [5, 5.41) is 14.6. The number of benzene rings is 2. The summed E-state index contributed by atoms with van der Waals surface area (Å²) in [5.74, 6) is -0.123. The van der Waals surface area contributed by atoms with Gasteiger partial charge in [0.2, 0.25) is 5.91 Å². The number of non-ortho nitro benzene ring substituents is 1. The maximum absolute atomic E-state index is 12.5. The molecule has 0 unspecified atom stereocenters. The lowest BCUT2D eigenvalue weighted by Gasteiger charge is -2.33. The molecule has 0 spiro atoms. The first-order valence-corrected chi connectivity index (χ1v) is 10.1. The molecule has 2 aromatic carbocycles. The first kappa shape index (κ1) is 18.5. The van der Waals surface area contributed by atoms with Gasteiger partial charge in [0.1, 0.15) is 5.01 Å². The SMILES string of the molecule is O=C(CN1CCCC[C@H]1c1nc2ccccc2s1)Nc1ccc([N+](=O)[O-])cc1. The van der Waals surface area contributed by atoms with E-state index < -0.39 is 4.92 Å². The van der Waals surface area contributed by atoms with Crippen molar-refractivity contribution in [3.8, 4) is 0 Å². The number of nitro benzene ring substituents is 1. The third-order valence-corrected chi connectivity index (χ3v) is 6.06. The zero-order valence-electron chi connectivity index (χ0n) is 15.2. The normalized spacial score (nSPS) is 17.5. The van der Waals surface area contributed by atoms with Gasteiger partial charge in [0.05, 0.1) is 27.7 Å². The number of nitrogens with one attached hydrogen (secondary N) is 1. The summed E-state index contributed by atoms with van der Waals surface area (Å²) in [6.45, 7) is 1.13. The molecule has 28 heavy (non-hydrogen) atoms. The average molecular weight is 396 g/mol. The molecular formula is C20H20N4O3S. The molecule has 7 nitrogen and oxygen atoms in total. The maximum Gasteiger partial charge on any atom is 0.269 e. The highest BCUT2D eigenvalue weighted by Gasteiger charge is 2.28. The Morgan fingerprint density at radius 2 is 2.00 bits per heavy atom. The molecule has 1 saturated heterocycles. The summed E-state index contributed by atoms with van der Waals surface area (Å²) in [6, 6.07) is 14.1. The quantitative estimate of drug-likeness (QED) is 0.511. The van der Waals surface area contributed by atoms with E-state index in [0.29, 0.717) is 5.69 Å². The lowest BCUT2D eigenvalue weighted by molar-refractivity contribution is -0.384. The van der Waals surface area contributed by atoms with Crippen molar-refractivity contribution in [2.24, 2.45) is 0 Å². The summed E-state index contributed by atoms with van der Waals surface area (Å²) in [6.07, 6.45) is 3.18. The van der Waals surface area contributed by atoms with Gasteiger partial charge in [-0.25, -0.2) is 4.98 Å². The van der Waals surface area contributed by atoms with E-state index in [1.807, 2.05) is 18.2 Å². The Morgan fingerprint density at radius 3 is 2.75 bits per heavy atom. The van der Waals surface area contributed by atoms with E-state index in [2.05, 4.69) is 16.3 Å². The number of likely N-dealkylation sites (tertiary alicyclic amines) is 1. The zero-order chi connectivity index (χ0) is 19.5. The van der Waals surface area contributed by atoms with Gasteiger partial charge in [0, 0.05) is 17.8 Å². The van der Waals surface area contributed by atoms with Crippen LogP contribution in [0.4, 0.5) is 11.4 Å². The topological polar surface area (TPSA) is 88.4 Å². The highest BCUT2D eigenvalue weighted by Crippen LogP contribution is 2.35. The summed E-state index contributed by atoms with van der Waals surface area (Å²) in [4.78, 5) is 29.8. The summed E-state index contributed by atoms with van der Waals surface area (Å²) >= 11 is 1.69. The van der Waals surface area contributed by atoms with Crippen LogP contribution in [0.3, 0.4) is 0 Å². The van der Waals surface area contributed by atoms with Crippen LogP contribution >= 0.6 is 11.3 Å². The number of carbonyl (C=O) groups excluding carboxylic acids is 1. The number of amides is 1. The van der Waals surface area contributed by atoms with E-state index in [-0.39, 0.29) is 24.2 Å². The number of thiazole rings is 1. The number of fused-ring (bicyclic) bond motifs is 1. The highest BCUT2D eigenvalue weighted by molar-refractivity contribution is 7.18. The predicted molar refractivity (Wildman–Crippen MR) is 110 cm³/mol. The van der Waals surface area contributed by atoms with Crippen molar-refractivity contribution in [3.63, 3.8) is 0 Å². The van der Waals surface area contributed by atoms with Crippen LogP contribution in [-0.4, -0.2) is 33.8 Å². The van der Waals surface area contributed by atoms with Crippen LogP contribution in [0.2, 0.25) is 0 Å². The third kappa shape index (κ3) is 4.02. The Morgan fingerprint density at radius 1 is 1.21 bits per heavy atom. The van der Waals surface area contributed by atoms with Crippen molar-refractivity contribution >= 4 is 38.8 Å². The fourth-order valence-electron chi connectivity index (χ4n) is 3.54. The number of rotatable bonds is 5. The number of carbonyl (C=O) groups is 1. The summed E-state index contributed by atoms with van der Waals surface area (Å²) in [5.41, 5.74) is 1.57. The molecule has 1 aliphatic heterocycles. The molecule has 1 amide bonds. The van der Waals surface area contributed by atoms with Crippen LogP contribution in [0.5, 0.6) is 0 Å². The second kappa shape index (κ2) is 8.04. The highest BCUT2D eigenvalue weighted by atomic mass is 32.1. The van der Waals surface area contributed by atoms with Crippen LogP contribution in [0, 0.1) is 10.1 Å². The molecule has 144 valence electrons. The van der Waals surface area contributed by atoms with Crippen molar-refractivity contribution in [2.45, 2.75) is 25.3 Å². The van der Waals surface area contributed by atoms with Crippen LogP contribution in [0.25, 0.3) is 10.2 Å². The van der Waals surface area contributed by atoms with Gasteiger partial charge in [-0.05, 0) is 43.7 Å². The molecule has 4 rings (SSSR count).